The topological polar surface area (TPSA) is 44.5 Å². The fourth-order valence-corrected chi connectivity index (χ4v) is 18.4. The van der Waals surface area contributed by atoms with Crippen molar-refractivity contribution >= 4 is 160 Å². The molecule has 0 saturated carbocycles. The van der Waals surface area contributed by atoms with Crippen LogP contribution in [0, 0.1) is 11.3 Å². The number of nitrogens with zero attached hydrogens (tertiary/aromatic N) is 6. The molecule has 0 aliphatic carbocycles. The van der Waals surface area contributed by atoms with E-state index < -0.39 is 49.0 Å². The summed E-state index contributed by atoms with van der Waals surface area (Å²) >= 11 is 0. The summed E-state index contributed by atoms with van der Waals surface area (Å²) in [5.41, 5.74) is 22.2. The van der Waals surface area contributed by atoms with Gasteiger partial charge in [0.25, 0.3) is 6.71 Å². The molecule has 2 aliphatic rings. The highest BCUT2D eigenvalue weighted by Crippen LogP contribution is 2.53. The molecule has 17 aromatic carbocycles. The van der Waals surface area contributed by atoms with Gasteiger partial charge in [-0.1, -0.05) is 285 Å². The maximum atomic E-state index is 10.7. The number of aromatic nitrogens is 3. The van der Waals surface area contributed by atoms with E-state index in [1.165, 1.54) is 0 Å². The molecule has 0 saturated heterocycles. The molecule has 23 rings (SSSR count). The minimum Gasteiger partial charge on any atom is -0.311 e. The maximum Gasteiger partial charge on any atom is 0.252 e. The van der Waals surface area contributed by atoms with Gasteiger partial charge < -0.3 is 23.3 Å². The van der Waals surface area contributed by atoms with Crippen molar-refractivity contribution in [2.24, 2.45) is 0 Å². The first-order valence-corrected chi connectivity index (χ1v) is 37.2. The zero-order valence-electron chi connectivity index (χ0n) is 66.1. The van der Waals surface area contributed by atoms with Crippen LogP contribution in [0.25, 0.3) is 159 Å². The minimum atomic E-state index is -0.604. The van der Waals surface area contributed by atoms with Gasteiger partial charge in [0.15, 0.2) is 0 Å². The van der Waals surface area contributed by atoms with Crippen molar-refractivity contribution in [3.8, 4) is 62.0 Å². The first kappa shape index (κ1) is 54.8. The highest BCUT2D eigenvalue weighted by atomic mass is 15.2. The van der Waals surface area contributed by atoms with E-state index in [0.29, 0.717) is 5.69 Å². The van der Waals surface area contributed by atoms with Crippen molar-refractivity contribution in [3.05, 3.63) is 388 Å². The SMILES string of the molecule is [2H]c1c([2H])c([2H])c2c(c1[2H])c1c([2H])c(C#N)c([2H])c([2H])c1n2-c1ccc2c(c1)N(c1ccc(-c3ccccc3)cc1-c1ccccc1)c1cc(-n3c4ccccc4c4ccccc43)cc3c1B2c1cc2c4ccccc4c4ccccc4c4cccc5c6ccccc6n(c2cc1N3c1ccc(-c2ccccc2)cc1-c1ccccc1)c45. The summed E-state index contributed by atoms with van der Waals surface area (Å²) in [6, 6.07) is 121. The van der Waals surface area contributed by atoms with Gasteiger partial charge in [0.2, 0.25) is 0 Å². The number of hydrogen-bond donors (Lipinski definition) is 0. The monoisotopic (exact) mass is 1400 g/mol. The van der Waals surface area contributed by atoms with E-state index >= 15 is 0 Å². The Bertz CT molecular complexity index is 7960. The van der Waals surface area contributed by atoms with Gasteiger partial charge in [-0.2, -0.15) is 5.26 Å². The molecule has 0 unspecified atom stereocenters. The molecule has 0 radical (unpaired) electrons. The largest absolute Gasteiger partial charge is 0.311 e. The van der Waals surface area contributed by atoms with E-state index in [2.05, 4.69) is 340 Å². The van der Waals surface area contributed by atoms with Crippen molar-refractivity contribution in [1.82, 2.24) is 13.5 Å². The molecular weight excluding hydrogens is 1330 g/mol. The minimum absolute atomic E-state index is 0.0102. The van der Waals surface area contributed by atoms with Crippen LogP contribution in [0.5, 0.6) is 0 Å². The number of hydrogen-bond acceptors (Lipinski definition) is 3. The van der Waals surface area contributed by atoms with Crippen molar-refractivity contribution in [3.63, 3.8) is 0 Å². The van der Waals surface area contributed by atoms with E-state index in [-0.39, 0.29) is 27.4 Å². The van der Waals surface area contributed by atoms with Crippen LogP contribution in [-0.4, -0.2) is 20.2 Å². The molecule has 0 amide bonds. The van der Waals surface area contributed by atoms with Crippen LogP contribution in [-0.2, 0) is 0 Å². The zero-order chi connectivity index (χ0) is 78.3. The fraction of sp³-hybridized carbons (Fsp3) is 0. The van der Waals surface area contributed by atoms with Crippen LogP contribution >= 0.6 is 0 Å². The third-order valence-corrected chi connectivity index (χ3v) is 23.0. The average Bonchev–Trinajstić information content (AvgIpc) is 1.61. The molecule has 508 valence electrons. The summed E-state index contributed by atoms with van der Waals surface area (Å²) in [6.45, 7) is -0.604. The lowest BCUT2D eigenvalue weighted by Crippen LogP contribution is -2.61. The van der Waals surface area contributed by atoms with Gasteiger partial charge in [0.1, 0.15) is 0 Å². The highest BCUT2D eigenvalue weighted by Gasteiger charge is 2.46. The molecule has 6 heterocycles. The summed E-state index contributed by atoms with van der Waals surface area (Å²) in [4.78, 5) is 4.96. The molecule has 6 nitrogen and oxygen atoms in total. The van der Waals surface area contributed by atoms with Crippen molar-refractivity contribution < 1.29 is 9.60 Å². The quantitative estimate of drug-likeness (QED) is 0.142. The number of benzene rings is 17. The Morgan fingerprint density at radius 1 is 0.273 bits per heavy atom. The molecule has 7 heteroatoms. The smallest absolute Gasteiger partial charge is 0.252 e. The zero-order valence-corrected chi connectivity index (χ0v) is 59.1. The Hall–Kier alpha value is -14.7. The number of fused-ring (bicyclic) bond motifs is 20. The maximum absolute atomic E-state index is 10.7. The second-order valence-electron chi connectivity index (χ2n) is 28.8. The Kier molecular flexibility index (Phi) is 12.0. The van der Waals surface area contributed by atoms with Crippen LogP contribution in [0.3, 0.4) is 0 Å². The lowest BCUT2D eigenvalue weighted by atomic mass is 9.33. The number of para-hydroxylation sites is 5. The summed E-state index contributed by atoms with van der Waals surface area (Å²) in [5.74, 6) is 0. The van der Waals surface area contributed by atoms with E-state index in [1.807, 2.05) is 24.3 Å². The second kappa shape index (κ2) is 24.2. The Morgan fingerprint density at radius 3 is 1.29 bits per heavy atom. The highest BCUT2D eigenvalue weighted by molar-refractivity contribution is 7.00. The van der Waals surface area contributed by atoms with Crippen LogP contribution in [0.15, 0.2) is 382 Å². The van der Waals surface area contributed by atoms with Crippen molar-refractivity contribution in [2.45, 2.75) is 0 Å². The molecule has 0 atom stereocenters. The van der Waals surface area contributed by atoms with Crippen LogP contribution < -0.4 is 26.2 Å². The Balaban J connectivity index is 0.953. The lowest BCUT2D eigenvalue weighted by Gasteiger charge is -2.45. The molecule has 110 heavy (non-hydrogen) atoms. The average molecular weight is 1400 g/mol. The lowest BCUT2D eigenvalue weighted by molar-refractivity contribution is 1.15. The number of nitriles is 1. The summed E-state index contributed by atoms with van der Waals surface area (Å²) in [7, 11) is 0. The van der Waals surface area contributed by atoms with E-state index in [1.54, 1.807) is 4.57 Å². The van der Waals surface area contributed by atoms with Gasteiger partial charge >= 0.3 is 0 Å². The van der Waals surface area contributed by atoms with Crippen LogP contribution in [0.2, 0.25) is 0 Å². The molecule has 21 aromatic rings. The van der Waals surface area contributed by atoms with Gasteiger partial charge in [0, 0.05) is 82.7 Å². The van der Waals surface area contributed by atoms with Gasteiger partial charge in [-0.05, 0) is 168 Å². The number of rotatable bonds is 8. The van der Waals surface area contributed by atoms with Crippen LogP contribution in [0.1, 0.15) is 15.2 Å². The molecule has 0 N–H and O–H groups in total. The number of anilines is 6. The normalized spacial score (nSPS) is 13.4. The molecule has 0 fully saturated rings. The van der Waals surface area contributed by atoms with Gasteiger partial charge in [-0.3, -0.25) is 0 Å². The molecule has 0 spiro atoms. The first-order chi connectivity index (χ1) is 57.5. The van der Waals surface area contributed by atoms with E-state index in [4.69, 9.17) is 0 Å². The summed E-state index contributed by atoms with van der Waals surface area (Å²) in [6.07, 6.45) is 0. The van der Waals surface area contributed by atoms with E-state index in [9.17, 15) is 14.9 Å². The molecule has 2 aliphatic heterocycles. The summed E-state index contributed by atoms with van der Waals surface area (Å²) in [5, 5.41) is 21.6. The first-order valence-electron chi connectivity index (χ1n) is 40.7. The van der Waals surface area contributed by atoms with E-state index in [0.717, 1.165) is 182 Å². The van der Waals surface area contributed by atoms with Crippen molar-refractivity contribution in [1.29, 1.82) is 5.26 Å². The van der Waals surface area contributed by atoms with Gasteiger partial charge in [-0.25, -0.2) is 0 Å². The molecule has 4 aromatic heterocycles. The van der Waals surface area contributed by atoms with Gasteiger partial charge in [0.05, 0.1) is 76.9 Å². The standard InChI is InChI=1S/C103H63BN6/c105-64-65-48-53-96-86(56-65)81-41-20-23-46-92(81)106(96)72-51-52-88-98(59-72)108(94-54-49-70(66-26-5-1-6-27-66)57-84(94)68-30-9-3-10-31-68)100-60-73(107-90-44-21-17-38-78(90)79-39-18-22-45-91(79)107)61-101-102(100)104(88)89-62-87-77-37-16-14-35-75(77)74-34-13-15-36-76(74)82-42-25-43-83-80-40-19-24-47-93(80)110(103(82)83)97(87)63-99(89)109(101)95-55-50-71(67-28-7-2-8-29-67)58-85(95)69-32-11-4-12-33-69/h1-63H/i20D,23D,41D,46D,48D,53D,56D. The Morgan fingerprint density at radius 2 is 0.718 bits per heavy atom. The predicted octanol–water partition coefficient (Wildman–Crippen LogP) is 25.1. The van der Waals surface area contributed by atoms with Gasteiger partial charge in [-0.15, -0.1) is 0 Å². The Labute approximate surface area is 644 Å². The third kappa shape index (κ3) is 9.11. The predicted molar refractivity (Wildman–Crippen MR) is 463 cm³/mol. The van der Waals surface area contributed by atoms with Crippen molar-refractivity contribution in [2.75, 3.05) is 9.80 Å². The van der Waals surface area contributed by atoms with Crippen LogP contribution in [0.4, 0.5) is 34.1 Å². The fourth-order valence-electron chi connectivity index (χ4n) is 18.4. The molecular formula is C103H63BN6. The third-order valence-electron chi connectivity index (χ3n) is 23.0. The second-order valence-corrected chi connectivity index (χ2v) is 28.8. The molecule has 0 bridgehead atoms. The summed E-state index contributed by atoms with van der Waals surface area (Å²) < 4.78 is 74.1.